The molecule has 2 unspecified atom stereocenters. The number of likely N-dealkylation sites (tertiary alicyclic amines) is 1. The zero-order valence-corrected chi connectivity index (χ0v) is 22.6. The van der Waals surface area contributed by atoms with Crippen LogP contribution in [0.3, 0.4) is 0 Å². The first-order chi connectivity index (χ1) is 18.5. The smallest absolute Gasteiger partial charge is 0.410 e. The zero-order chi connectivity index (χ0) is 26.9. The second kappa shape index (κ2) is 13.2. The molecule has 0 bridgehead atoms. The molecule has 3 aromatic rings. The molecule has 1 fully saturated rings. The van der Waals surface area contributed by atoms with Crippen LogP contribution in [0.25, 0.3) is 0 Å². The SMILES string of the molecule is COC(=O)CNC(c1ccccc1)c1cc(Br)ccc1NC(=O)C1CCCN1C(=O)OCc1ccccc1. The molecule has 0 aromatic heterocycles. The molecule has 1 heterocycles. The number of carbonyl (C=O) groups is 3. The third-order valence-electron chi connectivity index (χ3n) is 6.39. The Balaban J connectivity index is 1.52. The highest BCUT2D eigenvalue weighted by Gasteiger charge is 2.35. The van der Waals surface area contributed by atoms with Crippen molar-refractivity contribution in [3.8, 4) is 0 Å². The first-order valence-corrected chi connectivity index (χ1v) is 13.2. The molecule has 198 valence electrons. The number of hydrogen-bond donors (Lipinski definition) is 2. The van der Waals surface area contributed by atoms with Gasteiger partial charge in [0.1, 0.15) is 12.6 Å². The molecular weight excluding hydrogens is 550 g/mol. The van der Waals surface area contributed by atoms with Gasteiger partial charge in [-0.3, -0.25) is 19.8 Å². The fraction of sp³-hybridized carbons (Fsp3) is 0.276. The van der Waals surface area contributed by atoms with Gasteiger partial charge in [0.15, 0.2) is 0 Å². The van der Waals surface area contributed by atoms with E-state index in [9.17, 15) is 14.4 Å². The minimum absolute atomic E-state index is 0.0143. The quantitative estimate of drug-likeness (QED) is 0.345. The average Bonchev–Trinajstić information content (AvgIpc) is 3.44. The number of carbonyl (C=O) groups excluding carboxylic acids is 3. The van der Waals surface area contributed by atoms with E-state index in [0.29, 0.717) is 25.1 Å². The van der Waals surface area contributed by atoms with Gasteiger partial charge in [-0.05, 0) is 47.7 Å². The average molecular weight is 580 g/mol. The summed E-state index contributed by atoms with van der Waals surface area (Å²) in [7, 11) is 1.34. The Morgan fingerprint density at radius 2 is 1.74 bits per heavy atom. The van der Waals surface area contributed by atoms with Gasteiger partial charge in [-0.15, -0.1) is 0 Å². The second-order valence-corrected chi connectivity index (χ2v) is 9.83. The van der Waals surface area contributed by atoms with Crippen molar-refractivity contribution >= 4 is 39.6 Å². The summed E-state index contributed by atoms with van der Waals surface area (Å²) in [5.41, 5.74) is 3.14. The molecule has 1 saturated heterocycles. The minimum atomic E-state index is -0.645. The molecule has 1 aliphatic heterocycles. The van der Waals surface area contributed by atoms with E-state index in [1.165, 1.54) is 12.0 Å². The third kappa shape index (κ3) is 6.99. The fourth-order valence-corrected chi connectivity index (χ4v) is 4.85. The van der Waals surface area contributed by atoms with Gasteiger partial charge in [-0.1, -0.05) is 76.6 Å². The van der Waals surface area contributed by atoms with Crippen molar-refractivity contribution in [1.29, 1.82) is 0 Å². The summed E-state index contributed by atoms with van der Waals surface area (Å²) in [5.74, 6) is -0.690. The maximum absolute atomic E-state index is 13.4. The molecule has 0 radical (unpaired) electrons. The molecule has 2 atom stereocenters. The van der Waals surface area contributed by atoms with Crippen LogP contribution in [0.15, 0.2) is 83.3 Å². The van der Waals surface area contributed by atoms with E-state index in [4.69, 9.17) is 9.47 Å². The molecule has 0 saturated carbocycles. The van der Waals surface area contributed by atoms with Gasteiger partial charge in [0, 0.05) is 16.7 Å². The first-order valence-electron chi connectivity index (χ1n) is 12.4. The lowest BCUT2D eigenvalue weighted by Gasteiger charge is -2.26. The topological polar surface area (TPSA) is 97.0 Å². The Bertz CT molecular complexity index is 1260. The summed E-state index contributed by atoms with van der Waals surface area (Å²) in [5, 5.41) is 6.27. The van der Waals surface area contributed by atoms with Gasteiger partial charge < -0.3 is 14.8 Å². The van der Waals surface area contributed by atoms with Crippen molar-refractivity contribution in [2.24, 2.45) is 0 Å². The number of hydrogen-bond acceptors (Lipinski definition) is 6. The van der Waals surface area contributed by atoms with Crippen LogP contribution >= 0.6 is 15.9 Å². The zero-order valence-electron chi connectivity index (χ0n) is 21.1. The van der Waals surface area contributed by atoms with E-state index in [1.54, 1.807) is 6.07 Å². The Kier molecular flexibility index (Phi) is 9.51. The lowest BCUT2D eigenvalue weighted by molar-refractivity contribution is -0.139. The second-order valence-electron chi connectivity index (χ2n) is 8.91. The first kappa shape index (κ1) is 27.3. The Morgan fingerprint density at radius 3 is 2.45 bits per heavy atom. The Labute approximate surface area is 230 Å². The maximum atomic E-state index is 13.4. The molecule has 3 aromatic carbocycles. The lowest BCUT2D eigenvalue weighted by Crippen LogP contribution is -2.43. The highest BCUT2D eigenvalue weighted by molar-refractivity contribution is 9.10. The van der Waals surface area contributed by atoms with Crippen molar-refractivity contribution in [2.75, 3.05) is 25.5 Å². The van der Waals surface area contributed by atoms with Crippen LogP contribution in [0.5, 0.6) is 0 Å². The molecule has 2 N–H and O–H groups in total. The summed E-state index contributed by atoms with van der Waals surface area (Å²) in [6.45, 7) is 0.581. The summed E-state index contributed by atoms with van der Waals surface area (Å²) in [6, 6.07) is 23.6. The molecule has 9 heteroatoms. The number of ether oxygens (including phenoxy) is 2. The molecule has 0 aliphatic carbocycles. The van der Waals surface area contributed by atoms with E-state index in [1.807, 2.05) is 72.8 Å². The van der Waals surface area contributed by atoms with Crippen molar-refractivity contribution in [1.82, 2.24) is 10.2 Å². The van der Waals surface area contributed by atoms with Crippen LogP contribution in [-0.4, -0.2) is 49.1 Å². The van der Waals surface area contributed by atoms with Crippen LogP contribution in [0.2, 0.25) is 0 Å². The van der Waals surface area contributed by atoms with Crippen molar-refractivity contribution < 1.29 is 23.9 Å². The number of methoxy groups -OCH3 is 1. The Hall–Kier alpha value is -3.69. The van der Waals surface area contributed by atoms with Crippen molar-refractivity contribution in [2.45, 2.75) is 31.5 Å². The number of benzene rings is 3. The number of esters is 1. The van der Waals surface area contributed by atoms with Gasteiger partial charge >= 0.3 is 12.1 Å². The minimum Gasteiger partial charge on any atom is -0.468 e. The Morgan fingerprint density at radius 1 is 1.03 bits per heavy atom. The van der Waals surface area contributed by atoms with Gasteiger partial charge in [0.2, 0.25) is 5.91 Å². The van der Waals surface area contributed by atoms with Crippen molar-refractivity contribution in [3.63, 3.8) is 0 Å². The summed E-state index contributed by atoms with van der Waals surface area (Å²) in [4.78, 5) is 39.7. The molecule has 4 rings (SSSR count). The predicted molar refractivity (Wildman–Crippen MR) is 147 cm³/mol. The summed E-state index contributed by atoms with van der Waals surface area (Å²) >= 11 is 3.53. The highest BCUT2D eigenvalue weighted by Crippen LogP contribution is 2.32. The third-order valence-corrected chi connectivity index (χ3v) is 6.88. The fourth-order valence-electron chi connectivity index (χ4n) is 4.47. The van der Waals surface area contributed by atoms with Crippen LogP contribution < -0.4 is 10.6 Å². The van der Waals surface area contributed by atoms with E-state index >= 15 is 0 Å². The van der Waals surface area contributed by atoms with E-state index in [0.717, 1.165) is 21.2 Å². The van der Waals surface area contributed by atoms with Crippen LogP contribution in [-0.2, 0) is 25.7 Å². The number of halogens is 1. The lowest BCUT2D eigenvalue weighted by atomic mass is 9.96. The highest BCUT2D eigenvalue weighted by atomic mass is 79.9. The van der Waals surface area contributed by atoms with Gasteiger partial charge in [-0.2, -0.15) is 0 Å². The molecule has 0 spiro atoms. The van der Waals surface area contributed by atoms with Gasteiger partial charge in [0.05, 0.1) is 19.7 Å². The van der Waals surface area contributed by atoms with Crippen LogP contribution in [0.1, 0.15) is 35.6 Å². The number of nitrogens with one attached hydrogen (secondary N) is 2. The van der Waals surface area contributed by atoms with Crippen LogP contribution in [0.4, 0.5) is 10.5 Å². The largest absolute Gasteiger partial charge is 0.468 e. The normalized spacial score (nSPS) is 15.5. The molecule has 1 aliphatic rings. The molecule has 2 amide bonds. The summed E-state index contributed by atoms with van der Waals surface area (Å²) < 4.78 is 11.1. The number of nitrogens with zero attached hydrogens (tertiary/aromatic N) is 1. The molecule has 8 nitrogen and oxygen atoms in total. The van der Waals surface area contributed by atoms with Crippen molar-refractivity contribution in [3.05, 3.63) is 100 Å². The maximum Gasteiger partial charge on any atom is 0.410 e. The number of anilines is 1. The van der Waals surface area contributed by atoms with Crippen LogP contribution in [0, 0.1) is 0 Å². The molecular formula is C29H30BrN3O5. The van der Waals surface area contributed by atoms with Gasteiger partial charge in [0.25, 0.3) is 0 Å². The number of amides is 2. The standard InChI is InChI=1S/C29H30BrN3O5/c1-37-26(34)18-31-27(21-11-6-3-7-12-21)23-17-22(30)14-15-24(23)32-28(35)25-13-8-16-33(25)29(36)38-19-20-9-4-2-5-10-20/h2-7,9-12,14-15,17,25,27,31H,8,13,16,18-19H2,1H3,(H,32,35). The van der Waals surface area contributed by atoms with E-state index in [-0.39, 0.29) is 19.1 Å². The number of rotatable bonds is 9. The monoisotopic (exact) mass is 579 g/mol. The molecule has 38 heavy (non-hydrogen) atoms. The van der Waals surface area contributed by atoms with E-state index < -0.39 is 24.1 Å². The summed E-state index contributed by atoms with van der Waals surface area (Å²) in [6.07, 6.45) is 0.740. The van der Waals surface area contributed by atoms with E-state index in [2.05, 4.69) is 26.6 Å². The predicted octanol–water partition coefficient (Wildman–Crippen LogP) is 5.04. The van der Waals surface area contributed by atoms with Gasteiger partial charge in [-0.25, -0.2) is 4.79 Å².